The number of hydrogen-bond acceptors (Lipinski definition) is 5. The molecule has 1 aromatic heterocycles. The average Bonchev–Trinajstić information content (AvgIpc) is 3.25. The second kappa shape index (κ2) is 10.8. The Balaban J connectivity index is 1.59. The van der Waals surface area contributed by atoms with E-state index < -0.39 is 0 Å². The van der Waals surface area contributed by atoms with Crippen LogP contribution in [0, 0.1) is 0 Å². The lowest BCUT2D eigenvalue weighted by molar-refractivity contribution is -0.129. The highest BCUT2D eigenvalue weighted by Gasteiger charge is 2.16. The zero-order chi connectivity index (χ0) is 20.5. The molecule has 0 bridgehead atoms. The standard InChI is InChI=1S/C22H26N4O2S/c1-3-17-9-11-19(12-10-17)21-23-22(25-24-21)29-16-20(27)26(13-14-28-2)15-18-7-5-4-6-8-18/h4-12H,3,13-16H2,1-2H3,(H,23,24,25). The molecule has 0 saturated carbocycles. The van der Waals surface area contributed by atoms with Crippen LogP contribution in [0.4, 0.5) is 0 Å². The average molecular weight is 411 g/mol. The van der Waals surface area contributed by atoms with E-state index >= 15 is 0 Å². The molecule has 2 aromatic carbocycles. The number of ether oxygens (including phenoxy) is 1. The van der Waals surface area contributed by atoms with Crippen molar-refractivity contribution >= 4 is 17.7 Å². The highest BCUT2D eigenvalue weighted by molar-refractivity contribution is 7.99. The Bertz CT molecular complexity index is 897. The fraction of sp³-hybridized carbons (Fsp3) is 0.318. The number of aryl methyl sites for hydroxylation is 1. The third-order valence-corrected chi connectivity index (χ3v) is 5.39. The maximum Gasteiger partial charge on any atom is 0.233 e. The number of carbonyl (C=O) groups is 1. The molecule has 29 heavy (non-hydrogen) atoms. The monoisotopic (exact) mass is 410 g/mol. The Hall–Kier alpha value is -2.64. The molecule has 1 amide bonds. The maximum atomic E-state index is 12.8. The number of carbonyl (C=O) groups excluding carboxylic acids is 1. The first-order valence-electron chi connectivity index (χ1n) is 9.64. The number of methoxy groups -OCH3 is 1. The summed E-state index contributed by atoms with van der Waals surface area (Å²) in [5.41, 5.74) is 3.36. The zero-order valence-electron chi connectivity index (χ0n) is 16.8. The van der Waals surface area contributed by atoms with E-state index in [1.807, 2.05) is 47.4 Å². The largest absolute Gasteiger partial charge is 0.383 e. The third-order valence-electron chi connectivity index (χ3n) is 4.56. The summed E-state index contributed by atoms with van der Waals surface area (Å²) >= 11 is 1.34. The fourth-order valence-corrected chi connectivity index (χ4v) is 3.55. The van der Waals surface area contributed by atoms with Gasteiger partial charge < -0.3 is 9.64 Å². The quantitative estimate of drug-likeness (QED) is 0.515. The van der Waals surface area contributed by atoms with Crippen LogP contribution in [0.3, 0.4) is 0 Å². The van der Waals surface area contributed by atoms with Crippen LogP contribution in [-0.2, 0) is 22.5 Å². The number of nitrogens with zero attached hydrogens (tertiary/aromatic N) is 3. The van der Waals surface area contributed by atoms with Crippen LogP contribution in [0.1, 0.15) is 18.1 Å². The Morgan fingerprint density at radius 3 is 2.55 bits per heavy atom. The Morgan fingerprint density at radius 2 is 1.86 bits per heavy atom. The molecule has 0 unspecified atom stereocenters. The second-order valence-electron chi connectivity index (χ2n) is 6.60. The molecule has 6 nitrogen and oxygen atoms in total. The number of hydrogen-bond donors (Lipinski definition) is 1. The Labute approximate surface area is 175 Å². The van der Waals surface area contributed by atoms with Gasteiger partial charge in [-0.05, 0) is 17.5 Å². The minimum absolute atomic E-state index is 0.0366. The number of aromatic amines is 1. The van der Waals surface area contributed by atoms with Gasteiger partial charge in [-0.15, -0.1) is 5.10 Å². The smallest absolute Gasteiger partial charge is 0.233 e. The summed E-state index contributed by atoms with van der Waals surface area (Å²) in [6, 6.07) is 18.2. The summed E-state index contributed by atoms with van der Waals surface area (Å²) in [5, 5.41) is 7.77. The molecule has 0 aliphatic heterocycles. The van der Waals surface area contributed by atoms with E-state index in [-0.39, 0.29) is 11.7 Å². The van der Waals surface area contributed by atoms with Crippen LogP contribution < -0.4 is 0 Å². The summed E-state index contributed by atoms with van der Waals surface area (Å²) < 4.78 is 5.16. The van der Waals surface area contributed by atoms with Crippen LogP contribution in [0.5, 0.6) is 0 Å². The topological polar surface area (TPSA) is 71.1 Å². The van der Waals surface area contributed by atoms with Crippen molar-refractivity contribution in [2.45, 2.75) is 25.0 Å². The molecule has 0 fully saturated rings. The Morgan fingerprint density at radius 1 is 1.10 bits per heavy atom. The molecule has 1 N–H and O–H groups in total. The van der Waals surface area contributed by atoms with Crippen molar-refractivity contribution in [2.75, 3.05) is 26.0 Å². The minimum Gasteiger partial charge on any atom is -0.383 e. The summed E-state index contributed by atoms with van der Waals surface area (Å²) in [7, 11) is 1.64. The first kappa shape index (κ1) is 21.1. The summed E-state index contributed by atoms with van der Waals surface area (Å²) in [6.07, 6.45) is 1.00. The molecule has 0 spiro atoms. The lowest BCUT2D eigenvalue weighted by atomic mass is 10.1. The van der Waals surface area contributed by atoms with Gasteiger partial charge >= 0.3 is 0 Å². The number of nitrogens with one attached hydrogen (secondary N) is 1. The first-order chi connectivity index (χ1) is 14.2. The lowest BCUT2D eigenvalue weighted by Crippen LogP contribution is -2.34. The van der Waals surface area contributed by atoms with Crippen molar-refractivity contribution in [2.24, 2.45) is 0 Å². The van der Waals surface area contributed by atoms with Gasteiger partial charge in [0.15, 0.2) is 5.82 Å². The van der Waals surface area contributed by atoms with Crippen LogP contribution in [0.15, 0.2) is 59.8 Å². The van der Waals surface area contributed by atoms with Crippen molar-refractivity contribution in [3.05, 3.63) is 65.7 Å². The summed E-state index contributed by atoms with van der Waals surface area (Å²) in [4.78, 5) is 19.1. The maximum absolute atomic E-state index is 12.8. The van der Waals surface area contributed by atoms with Gasteiger partial charge in [0, 0.05) is 25.8 Å². The van der Waals surface area contributed by atoms with Crippen molar-refractivity contribution in [3.8, 4) is 11.4 Å². The van der Waals surface area contributed by atoms with E-state index in [1.54, 1.807) is 7.11 Å². The third kappa shape index (κ3) is 6.17. The van der Waals surface area contributed by atoms with E-state index in [0.29, 0.717) is 30.7 Å². The molecule has 0 atom stereocenters. The summed E-state index contributed by atoms with van der Waals surface area (Å²) in [5.74, 6) is 1.03. The van der Waals surface area contributed by atoms with Crippen LogP contribution in [0.2, 0.25) is 0 Å². The van der Waals surface area contributed by atoms with Crippen LogP contribution in [-0.4, -0.2) is 52.0 Å². The highest BCUT2D eigenvalue weighted by Crippen LogP contribution is 2.20. The molecule has 0 aliphatic rings. The van der Waals surface area contributed by atoms with Crippen molar-refractivity contribution in [1.82, 2.24) is 20.1 Å². The zero-order valence-corrected chi connectivity index (χ0v) is 17.6. The minimum atomic E-state index is 0.0366. The predicted molar refractivity (Wildman–Crippen MR) is 116 cm³/mol. The van der Waals surface area contributed by atoms with Gasteiger partial charge in [0.25, 0.3) is 0 Å². The molecule has 1 heterocycles. The van der Waals surface area contributed by atoms with Gasteiger partial charge in [-0.2, -0.15) is 0 Å². The predicted octanol–water partition coefficient (Wildman–Crippen LogP) is 3.80. The fourth-order valence-electron chi connectivity index (χ4n) is 2.85. The van der Waals surface area contributed by atoms with Gasteiger partial charge in [-0.25, -0.2) is 4.98 Å². The number of aromatic nitrogens is 3. The van der Waals surface area contributed by atoms with Crippen molar-refractivity contribution in [1.29, 1.82) is 0 Å². The molecule has 152 valence electrons. The number of H-pyrrole nitrogens is 1. The van der Waals surface area contributed by atoms with Gasteiger partial charge in [0.2, 0.25) is 11.1 Å². The number of thioether (sulfide) groups is 1. The molecule has 3 aromatic rings. The molecule has 0 aliphatic carbocycles. The van der Waals surface area contributed by atoms with E-state index in [0.717, 1.165) is 17.5 Å². The van der Waals surface area contributed by atoms with Gasteiger partial charge in [-0.1, -0.05) is 73.3 Å². The van der Waals surface area contributed by atoms with Gasteiger partial charge in [0.05, 0.1) is 12.4 Å². The number of amides is 1. The highest BCUT2D eigenvalue weighted by atomic mass is 32.2. The van der Waals surface area contributed by atoms with Crippen LogP contribution in [0.25, 0.3) is 11.4 Å². The van der Waals surface area contributed by atoms with E-state index in [2.05, 4.69) is 34.2 Å². The van der Waals surface area contributed by atoms with E-state index in [9.17, 15) is 4.79 Å². The van der Waals surface area contributed by atoms with Crippen molar-refractivity contribution < 1.29 is 9.53 Å². The van der Waals surface area contributed by atoms with Gasteiger partial charge in [0.1, 0.15) is 0 Å². The Kier molecular flexibility index (Phi) is 7.84. The van der Waals surface area contributed by atoms with Crippen molar-refractivity contribution in [3.63, 3.8) is 0 Å². The number of benzene rings is 2. The molecule has 3 rings (SSSR count). The molecular weight excluding hydrogens is 384 g/mol. The second-order valence-corrected chi connectivity index (χ2v) is 7.54. The number of rotatable bonds is 10. The van der Waals surface area contributed by atoms with E-state index in [1.165, 1.54) is 17.3 Å². The molecule has 0 radical (unpaired) electrons. The van der Waals surface area contributed by atoms with Crippen LogP contribution >= 0.6 is 11.8 Å². The lowest BCUT2D eigenvalue weighted by Gasteiger charge is -2.22. The molecule has 0 saturated heterocycles. The SMILES string of the molecule is CCc1ccc(-c2nc(SCC(=O)N(CCOC)Cc3ccccc3)n[nH]2)cc1. The molecular formula is C22H26N4O2S. The van der Waals surface area contributed by atoms with Gasteiger partial charge in [-0.3, -0.25) is 9.89 Å². The summed E-state index contributed by atoms with van der Waals surface area (Å²) in [6.45, 7) is 3.74. The molecule has 7 heteroatoms. The first-order valence-corrected chi connectivity index (χ1v) is 10.6. The normalized spacial score (nSPS) is 10.8. The van der Waals surface area contributed by atoms with E-state index in [4.69, 9.17) is 4.74 Å².